The molecule has 0 radical (unpaired) electrons. The largest absolute Gasteiger partial charge is 0.325 e. The predicted octanol–water partition coefficient (Wildman–Crippen LogP) is 4.69. The van der Waals surface area contributed by atoms with Gasteiger partial charge in [-0.1, -0.05) is 66.2 Å². The van der Waals surface area contributed by atoms with E-state index in [2.05, 4.69) is 10.3 Å². The summed E-state index contributed by atoms with van der Waals surface area (Å²) < 4.78 is 3.26. The summed E-state index contributed by atoms with van der Waals surface area (Å²) in [6, 6.07) is 24.2. The molecule has 3 aromatic carbocycles. The van der Waals surface area contributed by atoms with Gasteiger partial charge in [0.05, 0.1) is 18.4 Å². The molecule has 5 aromatic rings. The van der Waals surface area contributed by atoms with E-state index in [1.54, 1.807) is 10.6 Å². The van der Waals surface area contributed by atoms with Crippen LogP contribution in [0.15, 0.2) is 90.0 Å². The molecule has 0 aliphatic rings. The third kappa shape index (κ3) is 3.65. The minimum Gasteiger partial charge on any atom is -0.325 e. The number of benzene rings is 3. The van der Waals surface area contributed by atoms with Crippen molar-refractivity contribution in [2.45, 2.75) is 13.1 Å². The number of amides is 1. The Balaban J connectivity index is 1.61. The van der Waals surface area contributed by atoms with Crippen LogP contribution in [0, 0.1) is 0 Å². The highest BCUT2D eigenvalue weighted by Crippen LogP contribution is 2.25. The molecule has 5 rings (SSSR count). The number of carbonyl (C=O) groups excluding carboxylic acids is 1. The molecule has 32 heavy (non-hydrogen) atoms. The third-order valence-electron chi connectivity index (χ3n) is 5.39. The number of nitrogens with one attached hydrogen (secondary N) is 1. The first kappa shape index (κ1) is 20.0. The molecule has 0 saturated carbocycles. The van der Waals surface area contributed by atoms with Gasteiger partial charge in [0.15, 0.2) is 0 Å². The number of carbonyl (C=O) groups is 1. The minimum absolute atomic E-state index is 0.00800. The summed E-state index contributed by atoms with van der Waals surface area (Å²) in [4.78, 5) is 30.9. The maximum absolute atomic E-state index is 13.5. The summed E-state index contributed by atoms with van der Waals surface area (Å²) in [5.41, 5.74) is 3.05. The number of para-hydroxylation sites is 2. The van der Waals surface area contributed by atoms with Gasteiger partial charge in [0.25, 0.3) is 5.56 Å². The highest BCUT2D eigenvalue weighted by Gasteiger charge is 2.18. The molecular weight excluding hydrogens is 424 g/mol. The topological polar surface area (TPSA) is 68.9 Å². The number of hydrogen-bond acceptors (Lipinski definition) is 3. The monoisotopic (exact) mass is 442 g/mol. The molecule has 6 nitrogen and oxygen atoms in total. The SMILES string of the molecule is O=C(Cn1c2ccccc2c2ncn(Cc3ccccc3Cl)c(=O)c21)Nc1ccccc1. The normalized spacial score (nSPS) is 11.2. The lowest BCUT2D eigenvalue weighted by Crippen LogP contribution is -2.25. The van der Waals surface area contributed by atoms with Crippen LogP contribution in [0.5, 0.6) is 0 Å². The fourth-order valence-corrected chi connectivity index (χ4v) is 4.10. The Labute approximate surface area is 188 Å². The van der Waals surface area contributed by atoms with Gasteiger partial charge in [-0.25, -0.2) is 4.98 Å². The molecule has 0 bridgehead atoms. The molecular formula is C25H19ClN4O2. The summed E-state index contributed by atoms with van der Waals surface area (Å²) in [6.07, 6.45) is 1.54. The number of halogens is 1. The van der Waals surface area contributed by atoms with Crippen LogP contribution >= 0.6 is 11.6 Å². The Kier molecular flexibility index (Phi) is 5.21. The van der Waals surface area contributed by atoms with Gasteiger partial charge in [0, 0.05) is 16.1 Å². The second-order valence-electron chi connectivity index (χ2n) is 7.48. The Hall–Kier alpha value is -3.90. The lowest BCUT2D eigenvalue weighted by atomic mass is 10.2. The number of nitrogens with zero attached hydrogens (tertiary/aromatic N) is 3. The van der Waals surface area contributed by atoms with E-state index in [-0.39, 0.29) is 18.0 Å². The number of aromatic nitrogens is 3. The molecule has 0 saturated heterocycles. The molecule has 0 aliphatic heterocycles. The van der Waals surface area contributed by atoms with Crippen molar-refractivity contribution in [1.29, 1.82) is 0 Å². The van der Waals surface area contributed by atoms with Gasteiger partial charge in [-0.3, -0.25) is 14.2 Å². The summed E-state index contributed by atoms with van der Waals surface area (Å²) in [6.45, 7) is 0.283. The maximum Gasteiger partial charge on any atom is 0.278 e. The van der Waals surface area contributed by atoms with E-state index in [1.807, 2.05) is 72.8 Å². The quantitative estimate of drug-likeness (QED) is 0.429. The van der Waals surface area contributed by atoms with Gasteiger partial charge in [0.2, 0.25) is 5.91 Å². The molecule has 2 heterocycles. The third-order valence-corrected chi connectivity index (χ3v) is 5.76. The van der Waals surface area contributed by atoms with Crippen LogP contribution in [0.3, 0.4) is 0 Å². The molecule has 1 amide bonds. The summed E-state index contributed by atoms with van der Waals surface area (Å²) >= 11 is 6.29. The molecule has 1 N–H and O–H groups in total. The molecule has 0 spiro atoms. The van der Waals surface area contributed by atoms with Crippen molar-refractivity contribution in [3.63, 3.8) is 0 Å². The molecule has 158 valence electrons. The first-order valence-electron chi connectivity index (χ1n) is 10.2. The van der Waals surface area contributed by atoms with Crippen molar-refractivity contribution in [2.24, 2.45) is 0 Å². The van der Waals surface area contributed by atoms with E-state index in [0.717, 1.165) is 16.5 Å². The second kappa shape index (κ2) is 8.32. The predicted molar refractivity (Wildman–Crippen MR) is 127 cm³/mol. The van der Waals surface area contributed by atoms with Gasteiger partial charge in [-0.05, 0) is 29.8 Å². The van der Waals surface area contributed by atoms with Gasteiger partial charge in [0.1, 0.15) is 17.6 Å². The van der Waals surface area contributed by atoms with Gasteiger partial charge in [-0.2, -0.15) is 0 Å². The highest BCUT2D eigenvalue weighted by molar-refractivity contribution is 6.31. The first-order chi connectivity index (χ1) is 15.6. The molecule has 7 heteroatoms. The van der Waals surface area contributed by atoms with Gasteiger partial charge >= 0.3 is 0 Å². The lowest BCUT2D eigenvalue weighted by molar-refractivity contribution is -0.116. The standard InChI is InChI=1S/C25H19ClN4O2/c26-20-12-6-4-8-17(20)14-29-16-27-23-19-11-5-7-13-21(19)30(24(23)25(29)32)15-22(31)28-18-9-2-1-3-10-18/h1-13,16H,14-15H2,(H,28,31). The van der Waals surface area contributed by atoms with Crippen molar-refractivity contribution in [3.05, 3.63) is 106 Å². The van der Waals surface area contributed by atoms with Crippen LogP contribution in [0.4, 0.5) is 5.69 Å². The Morgan fingerprint density at radius 1 is 0.938 bits per heavy atom. The summed E-state index contributed by atoms with van der Waals surface area (Å²) in [5.74, 6) is -0.222. The Morgan fingerprint density at radius 3 is 2.47 bits per heavy atom. The average molecular weight is 443 g/mol. The maximum atomic E-state index is 13.5. The van der Waals surface area contributed by atoms with Crippen LogP contribution in [-0.4, -0.2) is 20.0 Å². The summed E-state index contributed by atoms with van der Waals surface area (Å²) in [7, 11) is 0. The van der Waals surface area contributed by atoms with Gasteiger partial charge in [-0.15, -0.1) is 0 Å². The zero-order valence-electron chi connectivity index (χ0n) is 17.0. The fraction of sp³-hybridized carbons (Fsp3) is 0.0800. The average Bonchev–Trinajstić information content (AvgIpc) is 3.12. The smallest absolute Gasteiger partial charge is 0.278 e. The van der Waals surface area contributed by atoms with Crippen molar-refractivity contribution >= 4 is 45.1 Å². The minimum atomic E-state index is -0.223. The number of rotatable bonds is 5. The van der Waals surface area contributed by atoms with Crippen LogP contribution < -0.4 is 10.9 Å². The van der Waals surface area contributed by atoms with E-state index < -0.39 is 0 Å². The van der Waals surface area contributed by atoms with Crippen LogP contribution in [0.2, 0.25) is 5.02 Å². The Morgan fingerprint density at radius 2 is 1.66 bits per heavy atom. The van der Waals surface area contributed by atoms with Crippen molar-refractivity contribution < 1.29 is 4.79 Å². The zero-order valence-corrected chi connectivity index (χ0v) is 17.8. The second-order valence-corrected chi connectivity index (χ2v) is 7.89. The molecule has 0 aliphatic carbocycles. The van der Waals surface area contributed by atoms with Crippen LogP contribution in [-0.2, 0) is 17.9 Å². The molecule has 2 aromatic heterocycles. The molecule has 0 unspecified atom stereocenters. The van der Waals surface area contributed by atoms with Crippen molar-refractivity contribution in [1.82, 2.24) is 14.1 Å². The fourth-order valence-electron chi connectivity index (χ4n) is 3.90. The Bertz CT molecular complexity index is 1510. The van der Waals surface area contributed by atoms with E-state index in [4.69, 9.17) is 11.6 Å². The first-order valence-corrected chi connectivity index (χ1v) is 10.5. The van der Waals surface area contributed by atoms with Gasteiger partial charge < -0.3 is 9.88 Å². The molecule has 0 atom stereocenters. The van der Waals surface area contributed by atoms with Crippen molar-refractivity contribution in [3.8, 4) is 0 Å². The lowest BCUT2D eigenvalue weighted by Gasteiger charge is -2.10. The highest BCUT2D eigenvalue weighted by atomic mass is 35.5. The van der Waals surface area contributed by atoms with Crippen LogP contribution in [0.25, 0.3) is 21.9 Å². The number of fused-ring (bicyclic) bond motifs is 3. The number of anilines is 1. The number of hydrogen-bond donors (Lipinski definition) is 1. The summed E-state index contributed by atoms with van der Waals surface area (Å²) in [5, 5.41) is 4.30. The van der Waals surface area contributed by atoms with Crippen molar-refractivity contribution in [2.75, 3.05) is 5.32 Å². The van der Waals surface area contributed by atoms with E-state index in [1.165, 1.54) is 10.9 Å². The molecule has 0 fully saturated rings. The zero-order chi connectivity index (χ0) is 22.1. The van der Waals surface area contributed by atoms with E-state index in [0.29, 0.717) is 28.3 Å². The van der Waals surface area contributed by atoms with Crippen LogP contribution in [0.1, 0.15) is 5.56 Å². The van der Waals surface area contributed by atoms with E-state index in [9.17, 15) is 9.59 Å². The van der Waals surface area contributed by atoms with E-state index >= 15 is 0 Å².